The highest BCUT2D eigenvalue weighted by atomic mass is 35.5. The fourth-order valence-electron chi connectivity index (χ4n) is 1.59. The lowest BCUT2D eigenvalue weighted by atomic mass is 9.96. The van der Waals surface area contributed by atoms with E-state index in [9.17, 15) is 0 Å². The van der Waals surface area contributed by atoms with Gasteiger partial charge in [-0.25, -0.2) is 0 Å². The van der Waals surface area contributed by atoms with Gasteiger partial charge in [-0.05, 0) is 43.4 Å². The average Bonchev–Trinajstić information content (AvgIpc) is 2.14. The minimum Gasteiger partial charge on any atom is -0.489 e. The molecule has 0 amide bonds. The second-order valence-corrected chi connectivity index (χ2v) is 4.32. The summed E-state index contributed by atoms with van der Waals surface area (Å²) < 4.78 is 5.72. The summed E-state index contributed by atoms with van der Waals surface area (Å²) in [6, 6.07) is 5.72. The zero-order valence-electron chi connectivity index (χ0n) is 8.58. The van der Waals surface area contributed by atoms with Crippen molar-refractivity contribution in [1.82, 2.24) is 0 Å². The Morgan fingerprint density at radius 1 is 1.40 bits per heavy atom. The van der Waals surface area contributed by atoms with Gasteiger partial charge in [0.1, 0.15) is 5.75 Å². The van der Waals surface area contributed by atoms with Gasteiger partial charge in [-0.2, -0.15) is 0 Å². The molecule has 0 spiro atoms. The third-order valence-electron chi connectivity index (χ3n) is 2.74. The van der Waals surface area contributed by atoms with Crippen molar-refractivity contribution in [3.05, 3.63) is 28.8 Å². The van der Waals surface area contributed by atoms with Crippen LogP contribution in [-0.2, 0) is 6.42 Å². The molecule has 1 aromatic rings. The van der Waals surface area contributed by atoms with E-state index in [4.69, 9.17) is 21.4 Å². The van der Waals surface area contributed by atoms with E-state index in [0.717, 1.165) is 24.2 Å². The molecule has 2 nitrogen and oxygen atoms in total. The van der Waals surface area contributed by atoms with E-state index in [1.807, 2.05) is 18.2 Å². The van der Waals surface area contributed by atoms with Crippen LogP contribution in [0.5, 0.6) is 5.75 Å². The number of benzene rings is 1. The number of aliphatic hydroxyl groups excluding tert-OH is 1. The smallest absolute Gasteiger partial charge is 0.138 e. The van der Waals surface area contributed by atoms with Crippen molar-refractivity contribution in [1.29, 1.82) is 0 Å². The lowest BCUT2D eigenvalue weighted by molar-refractivity contribution is 0.120. The Balaban J connectivity index is 2.04. The van der Waals surface area contributed by atoms with Crippen molar-refractivity contribution in [3.8, 4) is 5.75 Å². The number of aliphatic hydroxyl groups is 1. The molecule has 0 heterocycles. The number of hydrogen-bond donors (Lipinski definition) is 1. The molecule has 0 atom stereocenters. The molecule has 0 saturated heterocycles. The highest BCUT2D eigenvalue weighted by molar-refractivity contribution is 6.32. The van der Waals surface area contributed by atoms with Gasteiger partial charge >= 0.3 is 0 Å². The molecule has 0 aromatic heterocycles. The van der Waals surface area contributed by atoms with Crippen LogP contribution < -0.4 is 4.74 Å². The average molecular weight is 227 g/mol. The molecular formula is C12H15ClO2. The first kappa shape index (κ1) is 10.8. The molecule has 0 aliphatic heterocycles. The van der Waals surface area contributed by atoms with Gasteiger partial charge in [-0.3, -0.25) is 0 Å². The van der Waals surface area contributed by atoms with Gasteiger partial charge in [0.2, 0.25) is 0 Å². The van der Waals surface area contributed by atoms with E-state index in [2.05, 4.69) is 0 Å². The largest absolute Gasteiger partial charge is 0.489 e. The van der Waals surface area contributed by atoms with Gasteiger partial charge in [0.15, 0.2) is 0 Å². The summed E-state index contributed by atoms with van der Waals surface area (Å²) in [4.78, 5) is 0. The Labute approximate surface area is 94.8 Å². The summed E-state index contributed by atoms with van der Waals surface area (Å²) >= 11 is 6.08. The zero-order chi connectivity index (χ0) is 10.7. The number of hydrogen-bond acceptors (Lipinski definition) is 2. The van der Waals surface area contributed by atoms with E-state index < -0.39 is 0 Å². The molecule has 1 aromatic carbocycles. The minimum atomic E-state index is 0.152. The number of halogens is 1. The quantitative estimate of drug-likeness (QED) is 0.856. The third-order valence-corrected chi connectivity index (χ3v) is 3.04. The Kier molecular flexibility index (Phi) is 3.49. The Morgan fingerprint density at radius 3 is 2.73 bits per heavy atom. The topological polar surface area (TPSA) is 29.5 Å². The van der Waals surface area contributed by atoms with Gasteiger partial charge < -0.3 is 9.84 Å². The van der Waals surface area contributed by atoms with E-state index in [0.29, 0.717) is 17.5 Å². The summed E-state index contributed by atoms with van der Waals surface area (Å²) in [5.41, 5.74) is 1.04. The Morgan fingerprint density at radius 2 is 2.20 bits per heavy atom. The molecule has 1 aliphatic rings. The molecule has 2 rings (SSSR count). The Bertz CT molecular complexity index is 334. The normalized spacial score (nSPS) is 16.1. The predicted molar refractivity (Wildman–Crippen MR) is 60.5 cm³/mol. The van der Waals surface area contributed by atoms with Crippen molar-refractivity contribution in [2.75, 3.05) is 6.61 Å². The van der Waals surface area contributed by atoms with Crippen molar-refractivity contribution >= 4 is 11.6 Å². The minimum absolute atomic E-state index is 0.152. The van der Waals surface area contributed by atoms with Crippen molar-refractivity contribution in [3.63, 3.8) is 0 Å². The van der Waals surface area contributed by atoms with Crippen LogP contribution in [0, 0.1) is 0 Å². The second-order valence-electron chi connectivity index (χ2n) is 3.91. The molecule has 1 N–H and O–H groups in total. The van der Waals surface area contributed by atoms with Gasteiger partial charge in [0.05, 0.1) is 11.1 Å². The molecule has 0 unspecified atom stereocenters. The first-order chi connectivity index (χ1) is 7.29. The molecule has 1 saturated carbocycles. The summed E-state index contributed by atoms with van der Waals surface area (Å²) in [6.07, 6.45) is 4.52. The van der Waals surface area contributed by atoms with Crippen LogP contribution in [0.15, 0.2) is 18.2 Å². The number of rotatable bonds is 4. The first-order valence-electron chi connectivity index (χ1n) is 5.35. The third kappa shape index (κ3) is 2.64. The molecule has 3 heteroatoms. The summed E-state index contributed by atoms with van der Waals surface area (Å²) in [6.45, 7) is 0.152. The van der Waals surface area contributed by atoms with Gasteiger partial charge in [-0.15, -0.1) is 0 Å². The van der Waals surface area contributed by atoms with E-state index in [1.54, 1.807) is 0 Å². The fourth-order valence-corrected chi connectivity index (χ4v) is 1.84. The zero-order valence-corrected chi connectivity index (χ0v) is 9.33. The maximum absolute atomic E-state index is 8.80. The van der Waals surface area contributed by atoms with Crippen LogP contribution >= 0.6 is 11.6 Å². The van der Waals surface area contributed by atoms with Crippen LogP contribution in [0.25, 0.3) is 0 Å². The molecule has 15 heavy (non-hydrogen) atoms. The second kappa shape index (κ2) is 4.86. The van der Waals surface area contributed by atoms with Gasteiger partial charge in [-0.1, -0.05) is 17.7 Å². The van der Waals surface area contributed by atoms with Crippen molar-refractivity contribution < 1.29 is 9.84 Å². The highest BCUT2D eigenvalue weighted by Gasteiger charge is 2.19. The van der Waals surface area contributed by atoms with Gasteiger partial charge in [0, 0.05) is 6.61 Å². The van der Waals surface area contributed by atoms with Crippen LogP contribution in [0.3, 0.4) is 0 Å². The fraction of sp³-hybridized carbons (Fsp3) is 0.500. The molecule has 1 aliphatic carbocycles. The maximum Gasteiger partial charge on any atom is 0.138 e. The van der Waals surface area contributed by atoms with E-state index in [-0.39, 0.29) is 6.61 Å². The lowest BCUT2D eigenvalue weighted by Gasteiger charge is -2.26. The maximum atomic E-state index is 8.80. The van der Waals surface area contributed by atoms with Crippen LogP contribution in [0.2, 0.25) is 5.02 Å². The summed E-state index contributed by atoms with van der Waals surface area (Å²) in [5.74, 6) is 0.767. The van der Waals surface area contributed by atoms with E-state index >= 15 is 0 Å². The number of ether oxygens (including phenoxy) is 1. The molecule has 0 bridgehead atoms. The standard InChI is InChI=1S/C12H15ClO2/c13-11-8-9(6-7-14)4-5-12(11)15-10-2-1-3-10/h4-5,8,10,14H,1-3,6-7H2. The first-order valence-corrected chi connectivity index (χ1v) is 5.73. The van der Waals surface area contributed by atoms with Crippen LogP contribution in [0.4, 0.5) is 0 Å². The molecule has 82 valence electrons. The van der Waals surface area contributed by atoms with Crippen LogP contribution in [0.1, 0.15) is 24.8 Å². The lowest BCUT2D eigenvalue weighted by Crippen LogP contribution is -2.24. The van der Waals surface area contributed by atoms with Crippen LogP contribution in [-0.4, -0.2) is 17.8 Å². The SMILES string of the molecule is OCCc1ccc(OC2CCC2)c(Cl)c1. The highest BCUT2D eigenvalue weighted by Crippen LogP contribution is 2.31. The van der Waals surface area contributed by atoms with Gasteiger partial charge in [0.25, 0.3) is 0 Å². The molecular weight excluding hydrogens is 212 g/mol. The Hall–Kier alpha value is -0.730. The monoisotopic (exact) mass is 226 g/mol. The van der Waals surface area contributed by atoms with Crippen molar-refractivity contribution in [2.24, 2.45) is 0 Å². The molecule has 1 fully saturated rings. The molecule has 0 radical (unpaired) electrons. The summed E-state index contributed by atoms with van der Waals surface area (Å²) in [5, 5.41) is 9.44. The van der Waals surface area contributed by atoms with E-state index in [1.165, 1.54) is 6.42 Å². The van der Waals surface area contributed by atoms with Crippen molar-refractivity contribution in [2.45, 2.75) is 31.8 Å². The summed E-state index contributed by atoms with van der Waals surface area (Å²) in [7, 11) is 0. The predicted octanol–water partition coefficient (Wildman–Crippen LogP) is 2.81.